The molecule has 0 radical (unpaired) electrons. The van der Waals surface area contributed by atoms with Gasteiger partial charge in [-0.05, 0) is 24.1 Å². The van der Waals surface area contributed by atoms with Gasteiger partial charge in [-0.1, -0.05) is 12.1 Å². The first-order valence-electron chi connectivity index (χ1n) is 5.79. The first kappa shape index (κ1) is 13.4. The highest BCUT2D eigenvalue weighted by atomic mass is 19.1. The zero-order valence-electron chi connectivity index (χ0n) is 10.5. The summed E-state index contributed by atoms with van der Waals surface area (Å²) in [6.45, 7) is 0. The molecule has 1 aromatic heterocycles. The van der Waals surface area contributed by atoms with Gasteiger partial charge in [-0.15, -0.1) is 0 Å². The largest absolute Gasteiger partial charge is 0.481 e. The van der Waals surface area contributed by atoms with Crippen LogP contribution in [-0.2, 0) is 6.42 Å². The number of halogens is 1. The number of hydrogen-bond donors (Lipinski definition) is 2. The van der Waals surface area contributed by atoms with Crippen molar-refractivity contribution in [2.24, 2.45) is 5.84 Å². The summed E-state index contributed by atoms with van der Waals surface area (Å²) in [6, 6.07) is 7.80. The van der Waals surface area contributed by atoms with Gasteiger partial charge in [0.05, 0.1) is 18.8 Å². The van der Waals surface area contributed by atoms with Crippen LogP contribution in [0.4, 0.5) is 4.39 Å². The van der Waals surface area contributed by atoms with Crippen LogP contribution >= 0.6 is 0 Å². The van der Waals surface area contributed by atoms with Crippen LogP contribution in [0.15, 0.2) is 36.7 Å². The molecule has 0 aliphatic heterocycles. The van der Waals surface area contributed by atoms with Gasteiger partial charge in [-0.2, -0.15) is 0 Å². The Labute approximate surface area is 110 Å². The third-order valence-electron chi connectivity index (χ3n) is 2.78. The van der Waals surface area contributed by atoms with Crippen molar-refractivity contribution < 1.29 is 9.13 Å². The first-order chi connectivity index (χ1) is 9.22. The number of nitrogens with zero attached hydrogens (tertiary/aromatic N) is 2. The van der Waals surface area contributed by atoms with Crippen molar-refractivity contribution in [2.75, 3.05) is 7.11 Å². The molecule has 1 atom stereocenters. The average Bonchev–Trinajstić information content (AvgIpc) is 2.46. The molecule has 0 spiro atoms. The molecule has 0 bridgehead atoms. The topological polar surface area (TPSA) is 73.1 Å². The summed E-state index contributed by atoms with van der Waals surface area (Å²) in [5.74, 6) is 5.77. The number of benzene rings is 1. The summed E-state index contributed by atoms with van der Waals surface area (Å²) in [5, 5.41) is 0. The lowest BCUT2D eigenvalue weighted by Crippen LogP contribution is -2.30. The normalized spacial score (nSPS) is 12.2. The summed E-state index contributed by atoms with van der Waals surface area (Å²) < 4.78 is 17.9. The second-order valence-corrected chi connectivity index (χ2v) is 4.04. The number of nitrogens with one attached hydrogen (secondary N) is 1. The Bertz CT molecular complexity index is 532. The smallest absolute Gasteiger partial charge is 0.216 e. The molecule has 0 aliphatic rings. The maximum Gasteiger partial charge on any atom is 0.216 e. The lowest BCUT2D eigenvalue weighted by atomic mass is 10.0. The fraction of sp³-hybridized carbons (Fsp3) is 0.231. The first-order valence-corrected chi connectivity index (χ1v) is 5.79. The molecule has 0 amide bonds. The lowest BCUT2D eigenvalue weighted by Gasteiger charge is -2.15. The van der Waals surface area contributed by atoms with Crippen LogP contribution in [0.1, 0.15) is 17.3 Å². The molecule has 0 saturated heterocycles. The Hall–Kier alpha value is -2.05. The van der Waals surface area contributed by atoms with Gasteiger partial charge in [0.2, 0.25) is 5.88 Å². The van der Waals surface area contributed by atoms with Crippen LogP contribution in [0.5, 0.6) is 5.88 Å². The van der Waals surface area contributed by atoms with E-state index in [1.807, 2.05) is 0 Å². The van der Waals surface area contributed by atoms with Crippen molar-refractivity contribution in [2.45, 2.75) is 12.5 Å². The van der Waals surface area contributed by atoms with Crippen LogP contribution in [0.2, 0.25) is 0 Å². The van der Waals surface area contributed by atoms with E-state index in [-0.39, 0.29) is 11.9 Å². The SMILES string of the molecule is COc1cc(C(Cc2ccc(F)cc2)NN)ncn1. The summed E-state index contributed by atoms with van der Waals surface area (Å²) in [6.07, 6.45) is 2.01. The molecule has 1 aromatic carbocycles. The fourth-order valence-electron chi connectivity index (χ4n) is 1.76. The number of methoxy groups -OCH3 is 1. The minimum atomic E-state index is -0.260. The molecule has 1 unspecified atom stereocenters. The Kier molecular flexibility index (Phi) is 4.38. The summed E-state index contributed by atoms with van der Waals surface area (Å²) >= 11 is 0. The van der Waals surface area contributed by atoms with Crippen molar-refractivity contribution in [3.05, 3.63) is 53.7 Å². The minimum absolute atomic E-state index is 0.192. The molecule has 2 rings (SSSR count). The molecular formula is C13H15FN4O. The number of rotatable bonds is 5. The van der Waals surface area contributed by atoms with Crippen molar-refractivity contribution >= 4 is 0 Å². The van der Waals surface area contributed by atoms with E-state index in [1.54, 1.807) is 18.2 Å². The molecule has 0 aliphatic carbocycles. The molecule has 0 fully saturated rings. The minimum Gasteiger partial charge on any atom is -0.481 e. The molecule has 3 N–H and O–H groups in total. The highest BCUT2D eigenvalue weighted by molar-refractivity contribution is 5.22. The Balaban J connectivity index is 2.17. The molecule has 6 heteroatoms. The van der Waals surface area contributed by atoms with Gasteiger partial charge in [0.1, 0.15) is 12.1 Å². The predicted octanol–water partition coefficient (Wildman–Crippen LogP) is 1.37. The molecule has 2 aromatic rings. The summed E-state index contributed by atoms with van der Waals surface area (Å²) in [5.41, 5.74) is 4.37. The average molecular weight is 262 g/mol. The quantitative estimate of drug-likeness (QED) is 0.629. The number of hydrazine groups is 1. The summed E-state index contributed by atoms with van der Waals surface area (Å²) in [4.78, 5) is 8.11. The van der Waals surface area contributed by atoms with Gasteiger partial charge in [0.15, 0.2) is 0 Å². The maximum atomic E-state index is 12.9. The monoisotopic (exact) mass is 262 g/mol. The van der Waals surface area contributed by atoms with E-state index in [0.29, 0.717) is 12.3 Å². The van der Waals surface area contributed by atoms with E-state index in [4.69, 9.17) is 10.6 Å². The second-order valence-electron chi connectivity index (χ2n) is 4.04. The second kappa shape index (κ2) is 6.21. The van der Waals surface area contributed by atoms with Crippen molar-refractivity contribution in [3.8, 4) is 5.88 Å². The van der Waals surface area contributed by atoms with E-state index in [1.165, 1.54) is 25.6 Å². The van der Waals surface area contributed by atoms with Crippen molar-refractivity contribution in [3.63, 3.8) is 0 Å². The zero-order valence-corrected chi connectivity index (χ0v) is 10.5. The Morgan fingerprint density at radius 1 is 1.32 bits per heavy atom. The van der Waals surface area contributed by atoms with Crippen LogP contribution in [0, 0.1) is 5.82 Å². The molecule has 100 valence electrons. The number of hydrogen-bond acceptors (Lipinski definition) is 5. The van der Waals surface area contributed by atoms with E-state index < -0.39 is 0 Å². The third-order valence-corrected chi connectivity index (χ3v) is 2.78. The van der Waals surface area contributed by atoms with E-state index in [0.717, 1.165) is 11.3 Å². The highest BCUT2D eigenvalue weighted by Crippen LogP contribution is 2.18. The lowest BCUT2D eigenvalue weighted by molar-refractivity contribution is 0.393. The van der Waals surface area contributed by atoms with Gasteiger partial charge in [-0.3, -0.25) is 11.3 Å². The van der Waals surface area contributed by atoms with E-state index in [9.17, 15) is 4.39 Å². The summed E-state index contributed by atoms with van der Waals surface area (Å²) in [7, 11) is 1.54. The van der Waals surface area contributed by atoms with Gasteiger partial charge in [0, 0.05) is 6.07 Å². The van der Waals surface area contributed by atoms with Gasteiger partial charge >= 0.3 is 0 Å². The van der Waals surface area contributed by atoms with Crippen LogP contribution in [-0.4, -0.2) is 17.1 Å². The maximum absolute atomic E-state index is 12.9. The number of nitrogens with two attached hydrogens (primary N) is 1. The van der Waals surface area contributed by atoms with Crippen LogP contribution < -0.4 is 16.0 Å². The fourth-order valence-corrected chi connectivity index (χ4v) is 1.76. The predicted molar refractivity (Wildman–Crippen MR) is 68.8 cm³/mol. The highest BCUT2D eigenvalue weighted by Gasteiger charge is 2.13. The molecule has 5 nitrogen and oxygen atoms in total. The number of aromatic nitrogens is 2. The Morgan fingerprint density at radius 2 is 2.05 bits per heavy atom. The number of ether oxygens (including phenoxy) is 1. The van der Waals surface area contributed by atoms with E-state index >= 15 is 0 Å². The van der Waals surface area contributed by atoms with Crippen LogP contribution in [0.25, 0.3) is 0 Å². The van der Waals surface area contributed by atoms with Gasteiger partial charge in [0.25, 0.3) is 0 Å². The Morgan fingerprint density at radius 3 is 2.68 bits per heavy atom. The van der Waals surface area contributed by atoms with Crippen LogP contribution in [0.3, 0.4) is 0 Å². The standard InChI is InChI=1S/C13H15FN4O/c1-19-13-7-11(16-8-17-13)12(18-15)6-9-2-4-10(14)5-3-9/h2-5,7-8,12,18H,6,15H2,1H3. The van der Waals surface area contributed by atoms with Gasteiger partial charge < -0.3 is 4.74 Å². The molecule has 19 heavy (non-hydrogen) atoms. The van der Waals surface area contributed by atoms with E-state index in [2.05, 4.69) is 15.4 Å². The van der Waals surface area contributed by atoms with Crippen molar-refractivity contribution in [1.29, 1.82) is 0 Å². The van der Waals surface area contributed by atoms with Crippen molar-refractivity contribution in [1.82, 2.24) is 15.4 Å². The third kappa shape index (κ3) is 3.46. The molecule has 1 heterocycles. The molecular weight excluding hydrogens is 247 g/mol. The molecule has 0 saturated carbocycles. The van der Waals surface area contributed by atoms with Gasteiger partial charge in [-0.25, -0.2) is 14.4 Å². The zero-order chi connectivity index (χ0) is 13.7.